The van der Waals surface area contributed by atoms with Gasteiger partial charge in [-0.15, -0.1) is 12.4 Å². The number of ether oxygens (including phenoxy) is 1. The summed E-state index contributed by atoms with van der Waals surface area (Å²) in [5.74, 6) is -1.52. The second-order valence-electron chi connectivity index (χ2n) is 5.64. The maximum Gasteiger partial charge on any atom is 0.324 e. The Bertz CT molecular complexity index is 487. The third-order valence-corrected chi connectivity index (χ3v) is 3.20. The number of halogens is 1. The van der Waals surface area contributed by atoms with Gasteiger partial charge in [-0.2, -0.15) is 0 Å². The molecular weight excluding hydrogens is 306 g/mol. The lowest BCUT2D eigenvalue weighted by Gasteiger charge is -2.14. The molecule has 0 fully saturated rings. The molecule has 0 saturated carbocycles. The standard InChI is InChI=1S/C16H23NO4.ClH/c1-10(2)8-12-4-6-13(7-5-12)11(3)16(20)21-9-14(17)15(18)19;/h4-7,10-11,14H,8-9,17H2,1-3H3,(H,18,19);1H/t11?,14-;/m0./s1. The number of hydrogen-bond acceptors (Lipinski definition) is 4. The maximum absolute atomic E-state index is 11.9. The minimum absolute atomic E-state index is 0. The Morgan fingerprint density at radius 1 is 1.18 bits per heavy atom. The molecule has 0 bridgehead atoms. The number of carboxylic acids is 1. The van der Waals surface area contributed by atoms with Crippen molar-refractivity contribution in [2.24, 2.45) is 11.7 Å². The van der Waals surface area contributed by atoms with E-state index in [0.29, 0.717) is 5.92 Å². The molecule has 1 rings (SSSR count). The van der Waals surface area contributed by atoms with Crippen molar-refractivity contribution in [2.75, 3.05) is 6.61 Å². The van der Waals surface area contributed by atoms with E-state index in [-0.39, 0.29) is 19.0 Å². The van der Waals surface area contributed by atoms with Crippen LogP contribution in [-0.2, 0) is 20.7 Å². The zero-order valence-electron chi connectivity index (χ0n) is 13.1. The third kappa shape index (κ3) is 6.45. The summed E-state index contributed by atoms with van der Waals surface area (Å²) in [6.07, 6.45) is 0.993. The molecule has 3 N–H and O–H groups in total. The first kappa shape index (κ1) is 20.4. The van der Waals surface area contributed by atoms with E-state index >= 15 is 0 Å². The molecule has 0 amide bonds. The van der Waals surface area contributed by atoms with Crippen LogP contribution in [-0.4, -0.2) is 29.7 Å². The molecule has 1 aromatic rings. The molecule has 6 heteroatoms. The lowest BCUT2D eigenvalue weighted by molar-refractivity contribution is -0.148. The Morgan fingerprint density at radius 3 is 2.18 bits per heavy atom. The number of aliphatic carboxylic acids is 1. The summed E-state index contributed by atoms with van der Waals surface area (Å²) in [7, 11) is 0. The van der Waals surface area contributed by atoms with Crippen LogP contribution in [0, 0.1) is 5.92 Å². The van der Waals surface area contributed by atoms with Gasteiger partial charge in [0.05, 0.1) is 5.92 Å². The molecule has 2 atom stereocenters. The van der Waals surface area contributed by atoms with Crippen LogP contribution in [0.15, 0.2) is 24.3 Å². The van der Waals surface area contributed by atoms with E-state index in [1.54, 1.807) is 6.92 Å². The van der Waals surface area contributed by atoms with E-state index in [1.807, 2.05) is 24.3 Å². The predicted octanol–water partition coefficient (Wildman–Crippen LogP) is 2.37. The Morgan fingerprint density at radius 2 is 1.73 bits per heavy atom. The first-order chi connectivity index (χ1) is 9.81. The smallest absolute Gasteiger partial charge is 0.324 e. The molecule has 0 aliphatic heterocycles. The van der Waals surface area contributed by atoms with E-state index < -0.39 is 23.9 Å². The van der Waals surface area contributed by atoms with Crippen molar-refractivity contribution in [1.82, 2.24) is 0 Å². The zero-order valence-corrected chi connectivity index (χ0v) is 13.9. The summed E-state index contributed by atoms with van der Waals surface area (Å²) in [4.78, 5) is 22.4. The van der Waals surface area contributed by atoms with Crippen molar-refractivity contribution in [3.05, 3.63) is 35.4 Å². The summed E-state index contributed by atoms with van der Waals surface area (Å²) in [6.45, 7) is 5.72. The molecule has 0 aromatic heterocycles. The van der Waals surface area contributed by atoms with Crippen molar-refractivity contribution in [2.45, 2.75) is 39.2 Å². The summed E-state index contributed by atoms with van der Waals surface area (Å²) in [5.41, 5.74) is 7.36. The van der Waals surface area contributed by atoms with Gasteiger partial charge in [0.1, 0.15) is 12.6 Å². The highest BCUT2D eigenvalue weighted by Gasteiger charge is 2.20. The number of hydrogen-bond donors (Lipinski definition) is 2. The molecule has 0 aliphatic carbocycles. The minimum Gasteiger partial charge on any atom is -0.480 e. The second kappa shape index (κ2) is 9.43. The van der Waals surface area contributed by atoms with Gasteiger partial charge in [-0.1, -0.05) is 38.1 Å². The second-order valence-corrected chi connectivity index (χ2v) is 5.64. The average Bonchev–Trinajstić information content (AvgIpc) is 2.43. The number of carbonyl (C=O) groups is 2. The van der Waals surface area contributed by atoms with Crippen LogP contribution in [0.5, 0.6) is 0 Å². The number of esters is 1. The molecule has 124 valence electrons. The Hall–Kier alpha value is -1.59. The maximum atomic E-state index is 11.9. The summed E-state index contributed by atoms with van der Waals surface area (Å²) >= 11 is 0. The quantitative estimate of drug-likeness (QED) is 0.749. The monoisotopic (exact) mass is 329 g/mol. The van der Waals surface area contributed by atoms with E-state index in [0.717, 1.165) is 12.0 Å². The Kier molecular flexibility index (Phi) is 8.75. The number of benzene rings is 1. The highest BCUT2D eigenvalue weighted by atomic mass is 35.5. The highest BCUT2D eigenvalue weighted by molar-refractivity contribution is 5.85. The van der Waals surface area contributed by atoms with Gasteiger partial charge >= 0.3 is 11.9 Å². The van der Waals surface area contributed by atoms with Gasteiger partial charge in [0.15, 0.2) is 0 Å². The summed E-state index contributed by atoms with van der Waals surface area (Å²) in [5, 5.41) is 8.64. The fourth-order valence-electron chi connectivity index (χ4n) is 1.92. The van der Waals surface area contributed by atoms with Crippen LogP contribution in [0.25, 0.3) is 0 Å². The van der Waals surface area contributed by atoms with E-state index in [2.05, 4.69) is 13.8 Å². The van der Waals surface area contributed by atoms with Crippen LogP contribution in [0.3, 0.4) is 0 Å². The number of rotatable bonds is 7. The van der Waals surface area contributed by atoms with Gasteiger partial charge in [0, 0.05) is 0 Å². The van der Waals surface area contributed by atoms with Crippen LogP contribution in [0.1, 0.15) is 37.8 Å². The predicted molar refractivity (Wildman–Crippen MR) is 87.2 cm³/mol. The van der Waals surface area contributed by atoms with Crippen LogP contribution >= 0.6 is 12.4 Å². The minimum atomic E-state index is -1.19. The molecular formula is C16H24ClNO4. The number of carbonyl (C=O) groups excluding carboxylic acids is 1. The topological polar surface area (TPSA) is 89.6 Å². The normalized spacial score (nSPS) is 13.1. The van der Waals surface area contributed by atoms with Crippen molar-refractivity contribution < 1.29 is 19.4 Å². The van der Waals surface area contributed by atoms with E-state index in [1.165, 1.54) is 5.56 Å². The Balaban J connectivity index is 0.00000441. The van der Waals surface area contributed by atoms with Gasteiger partial charge in [-0.3, -0.25) is 9.59 Å². The third-order valence-electron chi connectivity index (χ3n) is 3.20. The molecule has 1 unspecified atom stereocenters. The Labute approximate surface area is 137 Å². The fourth-order valence-corrected chi connectivity index (χ4v) is 1.92. The molecule has 0 aliphatic rings. The van der Waals surface area contributed by atoms with Crippen LogP contribution in [0.2, 0.25) is 0 Å². The van der Waals surface area contributed by atoms with Crippen molar-refractivity contribution >= 4 is 24.3 Å². The molecule has 0 saturated heterocycles. The molecule has 22 heavy (non-hydrogen) atoms. The van der Waals surface area contributed by atoms with Crippen molar-refractivity contribution in [3.8, 4) is 0 Å². The molecule has 0 heterocycles. The first-order valence-electron chi connectivity index (χ1n) is 7.05. The largest absolute Gasteiger partial charge is 0.480 e. The lowest BCUT2D eigenvalue weighted by atomic mass is 9.97. The van der Waals surface area contributed by atoms with E-state index in [9.17, 15) is 9.59 Å². The van der Waals surface area contributed by atoms with Crippen LogP contribution in [0.4, 0.5) is 0 Å². The van der Waals surface area contributed by atoms with Gasteiger partial charge < -0.3 is 15.6 Å². The van der Waals surface area contributed by atoms with E-state index in [4.69, 9.17) is 15.6 Å². The van der Waals surface area contributed by atoms with Gasteiger partial charge in [-0.05, 0) is 30.4 Å². The lowest BCUT2D eigenvalue weighted by Crippen LogP contribution is -2.36. The first-order valence-corrected chi connectivity index (χ1v) is 7.05. The molecule has 5 nitrogen and oxygen atoms in total. The van der Waals surface area contributed by atoms with Gasteiger partial charge in [0.25, 0.3) is 0 Å². The summed E-state index contributed by atoms with van der Waals surface area (Å²) in [6, 6.07) is 6.63. The van der Waals surface area contributed by atoms with Gasteiger partial charge in [0.2, 0.25) is 0 Å². The zero-order chi connectivity index (χ0) is 16.0. The number of nitrogens with two attached hydrogens (primary N) is 1. The molecule has 0 radical (unpaired) electrons. The summed E-state index contributed by atoms with van der Waals surface area (Å²) < 4.78 is 4.93. The van der Waals surface area contributed by atoms with Crippen molar-refractivity contribution in [3.63, 3.8) is 0 Å². The molecule has 0 spiro atoms. The van der Waals surface area contributed by atoms with Crippen LogP contribution < -0.4 is 5.73 Å². The SMILES string of the molecule is CC(C)Cc1ccc(C(C)C(=O)OC[C@H](N)C(=O)O)cc1.Cl. The fraction of sp³-hybridized carbons (Fsp3) is 0.500. The highest BCUT2D eigenvalue weighted by Crippen LogP contribution is 2.18. The van der Waals surface area contributed by atoms with Crippen molar-refractivity contribution in [1.29, 1.82) is 0 Å². The average molecular weight is 330 g/mol. The van der Waals surface area contributed by atoms with Gasteiger partial charge in [-0.25, -0.2) is 0 Å². The number of carboxylic acid groups (broad SMARTS) is 1. The molecule has 1 aromatic carbocycles.